The van der Waals surface area contributed by atoms with Gasteiger partial charge in [0.05, 0.1) is 17.1 Å². The monoisotopic (exact) mass is 290 g/mol. The average molecular weight is 290 g/mol. The van der Waals surface area contributed by atoms with Crippen molar-refractivity contribution < 1.29 is 8.42 Å². The van der Waals surface area contributed by atoms with Crippen LogP contribution in [-0.4, -0.2) is 14.2 Å². The predicted octanol–water partition coefficient (Wildman–Crippen LogP) is 2.56. The number of nitrogen functional groups attached to an aromatic ring is 1. The SMILES string of the molecule is Cc1ccc(CCS(=O)(=O)Nc2ccccc2N)cc1. The molecule has 0 spiro atoms. The molecule has 0 atom stereocenters. The van der Waals surface area contributed by atoms with Crippen LogP contribution in [0.15, 0.2) is 48.5 Å². The minimum Gasteiger partial charge on any atom is -0.397 e. The molecule has 3 N–H and O–H groups in total. The second kappa shape index (κ2) is 5.96. The minimum atomic E-state index is -3.40. The molecule has 2 rings (SSSR count). The Hall–Kier alpha value is -2.01. The number of benzene rings is 2. The van der Waals surface area contributed by atoms with Crippen molar-refractivity contribution in [3.63, 3.8) is 0 Å². The van der Waals surface area contributed by atoms with Gasteiger partial charge in [0.1, 0.15) is 0 Å². The highest BCUT2D eigenvalue weighted by atomic mass is 32.2. The lowest BCUT2D eigenvalue weighted by molar-refractivity contribution is 0.600. The third kappa shape index (κ3) is 3.99. The highest BCUT2D eigenvalue weighted by Gasteiger charge is 2.12. The molecule has 0 saturated carbocycles. The maximum Gasteiger partial charge on any atom is 0.233 e. The summed E-state index contributed by atoms with van der Waals surface area (Å²) in [5.74, 6) is 0.0321. The molecule has 0 radical (unpaired) electrons. The van der Waals surface area contributed by atoms with Crippen molar-refractivity contribution in [3.8, 4) is 0 Å². The standard InChI is InChI=1S/C15H18N2O2S/c1-12-6-8-13(9-7-12)10-11-20(18,19)17-15-5-3-2-4-14(15)16/h2-9,17H,10-11,16H2,1H3. The third-order valence-corrected chi connectivity index (χ3v) is 4.28. The van der Waals surface area contributed by atoms with Crippen LogP contribution in [0.2, 0.25) is 0 Å². The van der Waals surface area contributed by atoms with E-state index in [1.54, 1.807) is 24.3 Å². The average Bonchev–Trinajstić information content (AvgIpc) is 2.41. The molecule has 106 valence electrons. The number of hydrogen-bond acceptors (Lipinski definition) is 3. The first kappa shape index (κ1) is 14.4. The Labute approximate surface area is 119 Å². The van der Waals surface area contributed by atoms with Crippen molar-refractivity contribution in [3.05, 3.63) is 59.7 Å². The van der Waals surface area contributed by atoms with Gasteiger partial charge in [-0.05, 0) is 31.0 Å². The molecule has 2 aromatic rings. The molecule has 20 heavy (non-hydrogen) atoms. The second-order valence-corrected chi connectivity index (χ2v) is 6.59. The van der Waals surface area contributed by atoms with E-state index in [1.807, 2.05) is 31.2 Å². The maximum absolute atomic E-state index is 12.0. The quantitative estimate of drug-likeness (QED) is 0.831. The van der Waals surface area contributed by atoms with E-state index < -0.39 is 10.0 Å². The number of nitrogens with two attached hydrogens (primary N) is 1. The summed E-state index contributed by atoms with van der Waals surface area (Å²) in [6.07, 6.45) is 0.475. The molecular weight excluding hydrogens is 272 g/mol. The van der Waals surface area contributed by atoms with Crippen molar-refractivity contribution in [2.75, 3.05) is 16.2 Å². The van der Waals surface area contributed by atoms with Crippen molar-refractivity contribution >= 4 is 21.4 Å². The summed E-state index contributed by atoms with van der Waals surface area (Å²) < 4.78 is 26.6. The van der Waals surface area contributed by atoms with E-state index in [2.05, 4.69) is 4.72 Å². The highest BCUT2D eigenvalue weighted by Crippen LogP contribution is 2.18. The molecule has 2 aromatic carbocycles. The summed E-state index contributed by atoms with van der Waals surface area (Å²) in [5, 5.41) is 0. The van der Waals surface area contributed by atoms with Crippen LogP contribution in [0, 0.1) is 6.92 Å². The summed E-state index contributed by atoms with van der Waals surface area (Å²) in [6.45, 7) is 2.00. The molecule has 5 heteroatoms. The van der Waals surface area contributed by atoms with E-state index >= 15 is 0 Å². The third-order valence-electron chi connectivity index (χ3n) is 3.01. The Morgan fingerprint density at radius 1 is 1.05 bits per heavy atom. The van der Waals surface area contributed by atoms with Gasteiger partial charge in [0.25, 0.3) is 0 Å². The number of nitrogens with one attached hydrogen (secondary N) is 1. The van der Waals surface area contributed by atoms with Crippen LogP contribution >= 0.6 is 0 Å². The minimum absolute atomic E-state index is 0.0321. The Morgan fingerprint density at radius 2 is 1.70 bits per heavy atom. The highest BCUT2D eigenvalue weighted by molar-refractivity contribution is 7.92. The van der Waals surface area contributed by atoms with E-state index in [9.17, 15) is 8.42 Å². The lowest BCUT2D eigenvalue weighted by atomic mass is 10.1. The van der Waals surface area contributed by atoms with Gasteiger partial charge in [-0.15, -0.1) is 0 Å². The molecule has 0 fully saturated rings. The van der Waals surface area contributed by atoms with Crippen LogP contribution < -0.4 is 10.5 Å². The van der Waals surface area contributed by atoms with Gasteiger partial charge >= 0.3 is 0 Å². The Kier molecular flexibility index (Phi) is 4.29. The zero-order chi connectivity index (χ0) is 14.6. The number of hydrogen-bond donors (Lipinski definition) is 2. The number of rotatable bonds is 5. The summed E-state index contributed by atoms with van der Waals surface area (Å²) in [4.78, 5) is 0. The molecule has 0 aliphatic rings. The van der Waals surface area contributed by atoms with Crippen molar-refractivity contribution in [1.29, 1.82) is 0 Å². The molecular formula is C15H18N2O2S. The molecule has 0 saturated heterocycles. The van der Waals surface area contributed by atoms with Crippen molar-refractivity contribution in [1.82, 2.24) is 0 Å². The summed E-state index contributed by atoms with van der Waals surface area (Å²) in [7, 11) is -3.40. The van der Waals surface area contributed by atoms with Gasteiger partial charge in [-0.25, -0.2) is 8.42 Å². The van der Waals surface area contributed by atoms with Crippen molar-refractivity contribution in [2.45, 2.75) is 13.3 Å². The summed E-state index contributed by atoms with van der Waals surface area (Å²) >= 11 is 0. The van der Waals surface area contributed by atoms with Crippen molar-refractivity contribution in [2.24, 2.45) is 0 Å². The molecule has 0 heterocycles. The van der Waals surface area contributed by atoms with Crippen LogP contribution in [0.3, 0.4) is 0 Å². The van der Waals surface area contributed by atoms with Gasteiger partial charge in [-0.3, -0.25) is 4.72 Å². The van der Waals surface area contributed by atoms with Gasteiger partial charge in [0.2, 0.25) is 10.0 Å². The van der Waals surface area contributed by atoms with Crippen LogP contribution in [0.5, 0.6) is 0 Å². The number of sulfonamides is 1. The fourth-order valence-electron chi connectivity index (χ4n) is 1.82. The first-order valence-corrected chi connectivity index (χ1v) is 8.02. The van der Waals surface area contributed by atoms with Gasteiger partial charge in [0, 0.05) is 0 Å². The summed E-state index contributed by atoms with van der Waals surface area (Å²) in [5.41, 5.74) is 8.74. The smallest absolute Gasteiger partial charge is 0.233 e. The molecule has 0 aromatic heterocycles. The van der Waals surface area contributed by atoms with Gasteiger partial charge in [0.15, 0.2) is 0 Å². The molecule has 0 unspecified atom stereocenters. The number of para-hydroxylation sites is 2. The first-order chi connectivity index (χ1) is 9.46. The topological polar surface area (TPSA) is 72.2 Å². The van der Waals surface area contributed by atoms with E-state index in [4.69, 9.17) is 5.73 Å². The molecule has 0 amide bonds. The Balaban J connectivity index is 2.01. The predicted molar refractivity (Wildman–Crippen MR) is 83.1 cm³/mol. The fraction of sp³-hybridized carbons (Fsp3) is 0.200. The lowest BCUT2D eigenvalue weighted by Crippen LogP contribution is -2.19. The lowest BCUT2D eigenvalue weighted by Gasteiger charge is -2.10. The summed E-state index contributed by atoms with van der Waals surface area (Å²) in [6, 6.07) is 14.7. The fourth-order valence-corrected chi connectivity index (χ4v) is 2.94. The largest absolute Gasteiger partial charge is 0.397 e. The van der Waals surface area contributed by atoms with Crippen LogP contribution in [0.25, 0.3) is 0 Å². The van der Waals surface area contributed by atoms with E-state index in [0.717, 1.165) is 11.1 Å². The van der Waals surface area contributed by atoms with Gasteiger partial charge in [-0.1, -0.05) is 42.0 Å². The first-order valence-electron chi connectivity index (χ1n) is 6.37. The molecule has 0 bridgehead atoms. The molecule has 0 aliphatic heterocycles. The molecule has 4 nitrogen and oxygen atoms in total. The zero-order valence-electron chi connectivity index (χ0n) is 11.3. The maximum atomic E-state index is 12.0. The van der Waals surface area contributed by atoms with Gasteiger partial charge < -0.3 is 5.73 Å². The Morgan fingerprint density at radius 3 is 2.35 bits per heavy atom. The zero-order valence-corrected chi connectivity index (χ0v) is 12.2. The normalized spacial score (nSPS) is 11.2. The van der Waals surface area contributed by atoms with Crippen LogP contribution in [-0.2, 0) is 16.4 Å². The van der Waals surface area contributed by atoms with E-state index in [1.165, 1.54) is 0 Å². The van der Waals surface area contributed by atoms with Crippen LogP contribution in [0.4, 0.5) is 11.4 Å². The Bertz CT molecular complexity index is 679. The van der Waals surface area contributed by atoms with E-state index in [0.29, 0.717) is 17.8 Å². The van der Waals surface area contributed by atoms with Crippen LogP contribution in [0.1, 0.15) is 11.1 Å². The van der Waals surface area contributed by atoms with Gasteiger partial charge in [-0.2, -0.15) is 0 Å². The number of aryl methyl sites for hydroxylation is 2. The van der Waals surface area contributed by atoms with E-state index in [-0.39, 0.29) is 5.75 Å². The second-order valence-electron chi connectivity index (χ2n) is 4.74. The number of anilines is 2. The molecule has 0 aliphatic carbocycles.